The highest BCUT2D eigenvalue weighted by Gasteiger charge is 2.00. The highest BCUT2D eigenvalue weighted by Crippen LogP contribution is 2.06. The summed E-state index contributed by atoms with van der Waals surface area (Å²) in [6, 6.07) is 1.01. The van der Waals surface area contributed by atoms with Gasteiger partial charge in [0.2, 0.25) is 5.95 Å². The lowest BCUT2D eigenvalue weighted by Gasteiger charge is -1.93. The molecule has 0 unspecified atom stereocenters. The van der Waals surface area contributed by atoms with Crippen LogP contribution in [0.4, 0.5) is 8.78 Å². The highest BCUT2D eigenvalue weighted by molar-refractivity contribution is 5.47. The van der Waals surface area contributed by atoms with E-state index in [9.17, 15) is 8.78 Å². The first-order valence-electron chi connectivity index (χ1n) is 3.32. The smallest absolute Gasteiger partial charge is 0.248 e. The van der Waals surface area contributed by atoms with E-state index in [1.807, 2.05) is 0 Å². The molecular formula is C8H7F2NO. The maximum atomic E-state index is 12.5. The molecule has 1 heterocycles. The third kappa shape index (κ3) is 2.10. The monoisotopic (exact) mass is 171 g/mol. The predicted octanol–water partition coefficient (Wildman–Crippen LogP) is 1.37. The lowest BCUT2D eigenvalue weighted by molar-refractivity contribution is 0.343. The molecule has 0 aliphatic rings. The molecular weight excluding hydrogens is 164 g/mol. The minimum absolute atomic E-state index is 0.140. The van der Waals surface area contributed by atoms with Crippen LogP contribution in [0.3, 0.4) is 0 Å². The van der Waals surface area contributed by atoms with Crippen molar-refractivity contribution in [3.05, 3.63) is 35.7 Å². The Morgan fingerprint density at radius 3 is 2.83 bits per heavy atom. The molecule has 2 nitrogen and oxygen atoms in total. The first-order chi connectivity index (χ1) is 5.74. The van der Waals surface area contributed by atoms with Crippen LogP contribution in [0.5, 0.6) is 0 Å². The van der Waals surface area contributed by atoms with Crippen molar-refractivity contribution in [3.63, 3.8) is 0 Å². The molecule has 0 saturated carbocycles. The van der Waals surface area contributed by atoms with Crippen molar-refractivity contribution >= 4 is 6.08 Å². The van der Waals surface area contributed by atoms with Crippen LogP contribution in [0, 0.1) is 11.8 Å². The first-order valence-corrected chi connectivity index (χ1v) is 3.32. The third-order valence-corrected chi connectivity index (χ3v) is 1.23. The van der Waals surface area contributed by atoms with Crippen molar-refractivity contribution in [1.29, 1.82) is 0 Å². The van der Waals surface area contributed by atoms with Crippen LogP contribution in [-0.2, 0) is 0 Å². The number of aromatic nitrogens is 1. The summed E-state index contributed by atoms with van der Waals surface area (Å²) < 4.78 is 24.7. The lowest BCUT2D eigenvalue weighted by atomic mass is 10.2. The molecule has 0 aliphatic carbocycles. The van der Waals surface area contributed by atoms with E-state index < -0.39 is 11.8 Å². The third-order valence-electron chi connectivity index (χ3n) is 1.23. The summed E-state index contributed by atoms with van der Waals surface area (Å²) in [5, 5.41) is 8.38. The summed E-state index contributed by atoms with van der Waals surface area (Å²) in [5.41, 5.74) is 0.419. The van der Waals surface area contributed by atoms with Gasteiger partial charge in [-0.25, -0.2) is 9.37 Å². The van der Waals surface area contributed by atoms with Crippen LogP contribution >= 0.6 is 0 Å². The summed E-state index contributed by atoms with van der Waals surface area (Å²) in [6.07, 6.45) is 4.05. The topological polar surface area (TPSA) is 33.1 Å². The molecule has 0 aromatic carbocycles. The fourth-order valence-corrected chi connectivity index (χ4v) is 0.716. The van der Waals surface area contributed by atoms with Crippen molar-refractivity contribution in [1.82, 2.24) is 4.98 Å². The van der Waals surface area contributed by atoms with Gasteiger partial charge in [0, 0.05) is 6.20 Å². The lowest BCUT2D eigenvalue weighted by Crippen LogP contribution is -1.89. The zero-order chi connectivity index (χ0) is 8.97. The van der Waals surface area contributed by atoms with Gasteiger partial charge >= 0.3 is 0 Å². The van der Waals surface area contributed by atoms with Crippen LogP contribution in [-0.4, -0.2) is 16.7 Å². The molecule has 1 aromatic rings. The van der Waals surface area contributed by atoms with Gasteiger partial charge in [-0.2, -0.15) is 4.39 Å². The van der Waals surface area contributed by atoms with Crippen LogP contribution in [0.15, 0.2) is 18.3 Å². The number of aliphatic hydroxyl groups excluding tert-OH is 1. The zero-order valence-electron chi connectivity index (χ0n) is 6.17. The van der Waals surface area contributed by atoms with E-state index in [0.717, 1.165) is 6.07 Å². The molecule has 1 aromatic heterocycles. The Balaban J connectivity index is 2.89. The summed E-state index contributed by atoms with van der Waals surface area (Å²) in [4.78, 5) is 3.16. The second kappa shape index (κ2) is 3.92. The molecule has 64 valence electrons. The molecule has 1 N–H and O–H groups in total. The van der Waals surface area contributed by atoms with E-state index in [1.54, 1.807) is 0 Å². The Hall–Kier alpha value is -1.29. The highest BCUT2D eigenvalue weighted by atomic mass is 19.2. The first kappa shape index (κ1) is 8.80. The van der Waals surface area contributed by atoms with Crippen LogP contribution in [0.1, 0.15) is 5.56 Å². The van der Waals surface area contributed by atoms with Gasteiger partial charge in [-0.05, 0) is 11.6 Å². The Morgan fingerprint density at radius 1 is 1.50 bits per heavy atom. The Labute approximate surface area is 68.2 Å². The van der Waals surface area contributed by atoms with Gasteiger partial charge < -0.3 is 5.11 Å². The molecule has 1 rings (SSSR count). The molecule has 12 heavy (non-hydrogen) atoms. The van der Waals surface area contributed by atoms with E-state index in [1.165, 1.54) is 18.3 Å². The van der Waals surface area contributed by atoms with Crippen molar-refractivity contribution < 1.29 is 13.9 Å². The molecule has 0 radical (unpaired) electrons. The van der Waals surface area contributed by atoms with E-state index in [-0.39, 0.29) is 6.61 Å². The average molecular weight is 171 g/mol. The summed E-state index contributed by atoms with van der Waals surface area (Å²) in [5.74, 6) is -2.11. The van der Waals surface area contributed by atoms with Crippen LogP contribution in [0.2, 0.25) is 0 Å². The largest absolute Gasteiger partial charge is 0.392 e. The van der Waals surface area contributed by atoms with Crippen molar-refractivity contribution in [3.8, 4) is 0 Å². The zero-order valence-corrected chi connectivity index (χ0v) is 6.17. The maximum absolute atomic E-state index is 12.5. The van der Waals surface area contributed by atoms with Gasteiger partial charge in [-0.3, -0.25) is 0 Å². The Kier molecular flexibility index (Phi) is 2.88. The van der Waals surface area contributed by atoms with Gasteiger partial charge in [0.1, 0.15) is 0 Å². The molecule has 0 aliphatic heterocycles. The molecule has 4 heteroatoms. The quantitative estimate of drug-likeness (QED) is 0.681. The minimum atomic E-state index is -1.11. The normalized spacial score (nSPS) is 10.9. The minimum Gasteiger partial charge on any atom is -0.392 e. The average Bonchev–Trinajstić information content (AvgIpc) is 2.07. The summed E-state index contributed by atoms with van der Waals surface area (Å²) >= 11 is 0. The van der Waals surface area contributed by atoms with Gasteiger partial charge in [-0.1, -0.05) is 12.2 Å². The van der Waals surface area contributed by atoms with Crippen molar-refractivity contribution in [2.45, 2.75) is 0 Å². The Morgan fingerprint density at radius 2 is 2.25 bits per heavy atom. The van der Waals surface area contributed by atoms with Gasteiger partial charge in [0.15, 0.2) is 5.82 Å². The van der Waals surface area contributed by atoms with Gasteiger partial charge in [-0.15, -0.1) is 0 Å². The standard InChI is InChI=1S/C8H7F2NO/c9-7-4-6(2-1-3-12)5-11-8(7)10/h1-2,4-5,12H,3H2. The van der Waals surface area contributed by atoms with Gasteiger partial charge in [0.05, 0.1) is 6.61 Å². The van der Waals surface area contributed by atoms with E-state index >= 15 is 0 Å². The van der Waals surface area contributed by atoms with E-state index in [2.05, 4.69) is 4.98 Å². The summed E-state index contributed by atoms with van der Waals surface area (Å²) in [6.45, 7) is -0.140. The number of rotatable bonds is 2. The molecule has 0 fully saturated rings. The molecule has 0 saturated heterocycles. The van der Waals surface area contributed by atoms with Crippen LogP contribution < -0.4 is 0 Å². The van der Waals surface area contributed by atoms with Gasteiger partial charge in [0.25, 0.3) is 0 Å². The molecule has 0 spiro atoms. The molecule has 0 atom stereocenters. The Bertz CT molecular complexity index is 299. The van der Waals surface area contributed by atoms with E-state index in [0.29, 0.717) is 5.56 Å². The van der Waals surface area contributed by atoms with E-state index in [4.69, 9.17) is 5.11 Å². The predicted molar refractivity (Wildman–Crippen MR) is 40.3 cm³/mol. The number of hydrogen-bond acceptors (Lipinski definition) is 2. The van der Waals surface area contributed by atoms with Crippen molar-refractivity contribution in [2.75, 3.05) is 6.61 Å². The number of aliphatic hydroxyl groups is 1. The maximum Gasteiger partial charge on any atom is 0.248 e. The molecule has 0 bridgehead atoms. The number of hydrogen-bond donors (Lipinski definition) is 1. The van der Waals surface area contributed by atoms with Crippen molar-refractivity contribution in [2.24, 2.45) is 0 Å². The fraction of sp³-hybridized carbons (Fsp3) is 0.125. The second-order valence-corrected chi connectivity index (χ2v) is 2.13. The summed E-state index contributed by atoms with van der Waals surface area (Å²) in [7, 11) is 0. The second-order valence-electron chi connectivity index (χ2n) is 2.13. The van der Waals surface area contributed by atoms with Crippen LogP contribution in [0.25, 0.3) is 6.08 Å². The number of nitrogens with zero attached hydrogens (tertiary/aromatic N) is 1. The fourth-order valence-electron chi connectivity index (χ4n) is 0.716. The molecule has 0 amide bonds. The SMILES string of the molecule is OCC=Cc1cnc(F)c(F)c1. The number of halogens is 2. The number of pyridine rings is 1.